The van der Waals surface area contributed by atoms with E-state index < -0.39 is 11.9 Å². The molecule has 0 saturated heterocycles. The standard InChI is InChI=1S/C11H8BrFN2O/c12-8-3-1-2-7(10(8)13)11(16)9-6-14-4-5-15-9/h1-6,11,16H. The van der Waals surface area contributed by atoms with Crippen LogP contribution in [0.4, 0.5) is 4.39 Å². The van der Waals surface area contributed by atoms with Crippen LogP contribution in [0.25, 0.3) is 0 Å². The van der Waals surface area contributed by atoms with Gasteiger partial charge in [0.1, 0.15) is 11.9 Å². The maximum absolute atomic E-state index is 13.7. The van der Waals surface area contributed by atoms with Gasteiger partial charge in [0.25, 0.3) is 0 Å². The Balaban J connectivity index is 2.42. The highest BCUT2D eigenvalue weighted by molar-refractivity contribution is 9.10. The molecule has 0 aliphatic rings. The molecule has 1 aromatic carbocycles. The van der Waals surface area contributed by atoms with Gasteiger partial charge in [-0.1, -0.05) is 12.1 Å². The van der Waals surface area contributed by atoms with Gasteiger partial charge in [-0.15, -0.1) is 0 Å². The Morgan fingerprint density at radius 1 is 1.31 bits per heavy atom. The largest absolute Gasteiger partial charge is 0.382 e. The van der Waals surface area contributed by atoms with E-state index in [4.69, 9.17) is 0 Å². The molecule has 1 atom stereocenters. The number of rotatable bonds is 2. The van der Waals surface area contributed by atoms with E-state index in [1.54, 1.807) is 12.1 Å². The Morgan fingerprint density at radius 3 is 2.81 bits per heavy atom. The van der Waals surface area contributed by atoms with Crippen molar-refractivity contribution < 1.29 is 9.50 Å². The number of nitrogens with zero attached hydrogens (tertiary/aromatic N) is 2. The first-order valence-electron chi connectivity index (χ1n) is 4.58. The molecule has 1 unspecified atom stereocenters. The second-order valence-electron chi connectivity index (χ2n) is 3.18. The number of hydrogen-bond donors (Lipinski definition) is 1. The Morgan fingerprint density at radius 2 is 2.12 bits per heavy atom. The molecule has 16 heavy (non-hydrogen) atoms. The first kappa shape index (κ1) is 11.2. The molecule has 0 aliphatic heterocycles. The molecule has 0 aliphatic carbocycles. The van der Waals surface area contributed by atoms with E-state index in [9.17, 15) is 9.50 Å². The highest BCUT2D eigenvalue weighted by Crippen LogP contribution is 2.26. The molecular formula is C11H8BrFN2O. The van der Waals surface area contributed by atoms with Gasteiger partial charge in [0, 0.05) is 18.0 Å². The van der Waals surface area contributed by atoms with Gasteiger partial charge in [-0.3, -0.25) is 9.97 Å². The van der Waals surface area contributed by atoms with Crippen LogP contribution in [0.15, 0.2) is 41.3 Å². The van der Waals surface area contributed by atoms with Crippen molar-refractivity contribution >= 4 is 15.9 Å². The first-order valence-corrected chi connectivity index (χ1v) is 5.37. The summed E-state index contributed by atoms with van der Waals surface area (Å²) in [6, 6.07) is 4.74. The van der Waals surface area contributed by atoms with Crippen LogP contribution in [0.3, 0.4) is 0 Å². The molecule has 0 saturated carbocycles. The zero-order valence-corrected chi connectivity index (χ0v) is 9.73. The second-order valence-corrected chi connectivity index (χ2v) is 4.03. The third kappa shape index (κ3) is 2.10. The van der Waals surface area contributed by atoms with Gasteiger partial charge >= 0.3 is 0 Å². The molecule has 0 spiro atoms. The lowest BCUT2D eigenvalue weighted by Gasteiger charge is -2.11. The van der Waals surface area contributed by atoms with E-state index in [0.717, 1.165) is 0 Å². The van der Waals surface area contributed by atoms with Gasteiger partial charge in [-0.25, -0.2) is 4.39 Å². The van der Waals surface area contributed by atoms with Gasteiger partial charge in [0.2, 0.25) is 0 Å². The predicted molar refractivity (Wildman–Crippen MR) is 60.2 cm³/mol. The third-order valence-corrected chi connectivity index (χ3v) is 2.75. The molecule has 1 aromatic heterocycles. The summed E-state index contributed by atoms with van der Waals surface area (Å²) in [5, 5.41) is 9.93. The summed E-state index contributed by atoms with van der Waals surface area (Å²) < 4.78 is 14.0. The summed E-state index contributed by atoms with van der Waals surface area (Å²) in [6.07, 6.45) is 3.25. The van der Waals surface area contributed by atoms with Crippen molar-refractivity contribution in [3.05, 3.63) is 58.3 Å². The molecule has 0 fully saturated rings. The summed E-state index contributed by atoms with van der Waals surface area (Å²) in [5.41, 5.74) is 0.495. The quantitative estimate of drug-likeness (QED) is 0.920. The van der Waals surface area contributed by atoms with E-state index in [2.05, 4.69) is 25.9 Å². The fourth-order valence-electron chi connectivity index (χ4n) is 1.34. The lowest BCUT2D eigenvalue weighted by Crippen LogP contribution is -2.05. The molecule has 1 N–H and O–H groups in total. The van der Waals surface area contributed by atoms with Gasteiger partial charge in [0.05, 0.1) is 16.4 Å². The summed E-state index contributed by atoms with van der Waals surface area (Å²) in [4.78, 5) is 7.76. The smallest absolute Gasteiger partial charge is 0.143 e. The minimum absolute atomic E-state index is 0.176. The van der Waals surface area contributed by atoms with Crippen LogP contribution in [0, 0.1) is 5.82 Å². The zero-order valence-electron chi connectivity index (χ0n) is 8.14. The fourth-order valence-corrected chi connectivity index (χ4v) is 1.72. The molecule has 2 aromatic rings. The topological polar surface area (TPSA) is 46.0 Å². The molecule has 0 radical (unpaired) electrons. The highest BCUT2D eigenvalue weighted by Gasteiger charge is 2.17. The zero-order chi connectivity index (χ0) is 11.5. The van der Waals surface area contributed by atoms with Crippen molar-refractivity contribution in [3.8, 4) is 0 Å². The van der Waals surface area contributed by atoms with Crippen molar-refractivity contribution in [2.24, 2.45) is 0 Å². The first-order chi connectivity index (χ1) is 7.70. The van der Waals surface area contributed by atoms with Gasteiger partial charge in [0.15, 0.2) is 0 Å². The molecule has 1 heterocycles. The molecule has 82 valence electrons. The molecule has 0 bridgehead atoms. The Bertz CT molecular complexity index is 493. The van der Waals surface area contributed by atoms with Crippen molar-refractivity contribution in [1.82, 2.24) is 9.97 Å². The monoisotopic (exact) mass is 282 g/mol. The number of halogens is 2. The number of benzene rings is 1. The summed E-state index contributed by atoms with van der Waals surface area (Å²) >= 11 is 3.06. The summed E-state index contributed by atoms with van der Waals surface area (Å²) in [5.74, 6) is -0.486. The van der Waals surface area contributed by atoms with Crippen LogP contribution < -0.4 is 0 Å². The van der Waals surface area contributed by atoms with Crippen molar-refractivity contribution in [3.63, 3.8) is 0 Å². The number of aliphatic hydroxyl groups excluding tert-OH is 1. The van der Waals surface area contributed by atoms with E-state index in [1.807, 2.05) is 0 Å². The SMILES string of the molecule is OC(c1cnccn1)c1cccc(Br)c1F. The maximum atomic E-state index is 13.7. The van der Waals surface area contributed by atoms with Crippen LogP contribution in [0.1, 0.15) is 17.4 Å². The molecule has 5 heteroatoms. The van der Waals surface area contributed by atoms with Crippen molar-refractivity contribution in [2.75, 3.05) is 0 Å². The maximum Gasteiger partial charge on any atom is 0.143 e. The lowest BCUT2D eigenvalue weighted by molar-refractivity contribution is 0.209. The number of aromatic nitrogens is 2. The van der Waals surface area contributed by atoms with Crippen LogP contribution in [-0.2, 0) is 0 Å². The highest BCUT2D eigenvalue weighted by atomic mass is 79.9. The fraction of sp³-hybridized carbons (Fsp3) is 0.0909. The van der Waals surface area contributed by atoms with Crippen molar-refractivity contribution in [1.29, 1.82) is 0 Å². The van der Waals surface area contributed by atoms with Crippen LogP contribution in [0.5, 0.6) is 0 Å². The molecule has 2 rings (SSSR count). The minimum atomic E-state index is -1.11. The van der Waals surface area contributed by atoms with Gasteiger partial charge < -0.3 is 5.11 Å². The number of aliphatic hydroxyl groups is 1. The van der Waals surface area contributed by atoms with E-state index in [1.165, 1.54) is 24.7 Å². The molecule has 3 nitrogen and oxygen atoms in total. The second kappa shape index (κ2) is 4.67. The van der Waals surface area contributed by atoms with E-state index >= 15 is 0 Å². The normalized spacial score (nSPS) is 12.4. The Hall–Kier alpha value is -1.33. The van der Waals surface area contributed by atoms with E-state index in [-0.39, 0.29) is 5.56 Å². The van der Waals surface area contributed by atoms with Gasteiger partial charge in [-0.05, 0) is 22.0 Å². The summed E-state index contributed by atoms with van der Waals surface area (Å²) in [6.45, 7) is 0. The Labute approximate surface area is 100 Å². The van der Waals surface area contributed by atoms with Crippen LogP contribution in [-0.4, -0.2) is 15.1 Å². The number of hydrogen-bond acceptors (Lipinski definition) is 3. The van der Waals surface area contributed by atoms with Crippen molar-refractivity contribution in [2.45, 2.75) is 6.10 Å². The Kier molecular flexibility index (Phi) is 3.26. The minimum Gasteiger partial charge on any atom is -0.382 e. The summed E-state index contributed by atoms with van der Waals surface area (Å²) in [7, 11) is 0. The average Bonchev–Trinajstić information content (AvgIpc) is 2.33. The lowest BCUT2D eigenvalue weighted by atomic mass is 10.1. The average molecular weight is 283 g/mol. The predicted octanol–water partition coefficient (Wildman–Crippen LogP) is 2.46. The van der Waals surface area contributed by atoms with E-state index in [0.29, 0.717) is 10.2 Å². The molecule has 0 amide bonds. The molecular weight excluding hydrogens is 275 g/mol. The van der Waals surface area contributed by atoms with Gasteiger partial charge in [-0.2, -0.15) is 0 Å². The van der Waals surface area contributed by atoms with Crippen LogP contribution >= 0.6 is 15.9 Å². The van der Waals surface area contributed by atoms with Crippen LogP contribution in [0.2, 0.25) is 0 Å². The third-order valence-electron chi connectivity index (χ3n) is 2.14.